The highest BCUT2D eigenvalue weighted by Gasteiger charge is 2.23. The van der Waals surface area contributed by atoms with Crippen LogP contribution in [0.15, 0.2) is 10.6 Å². The van der Waals surface area contributed by atoms with Gasteiger partial charge in [-0.3, -0.25) is 15.1 Å². The first-order valence-electron chi connectivity index (χ1n) is 6.56. The summed E-state index contributed by atoms with van der Waals surface area (Å²) in [6.45, 7) is 1.26. The van der Waals surface area contributed by atoms with Crippen molar-refractivity contribution in [3.63, 3.8) is 0 Å². The first-order chi connectivity index (χ1) is 9.24. The first kappa shape index (κ1) is 14.0. The molecule has 1 fully saturated rings. The molecule has 0 radical (unpaired) electrons. The maximum Gasteiger partial charge on any atom is 0.287 e. The molecule has 4 N–H and O–H groups in total. The van der Waals surface area contributed by atoms with Gasteiger partial charge in [0.1, 0.15) is 0 Å². The third-order valence-electron chi connectivity index (χ3n) is 3.51. The lowest BCUT2D eigenvalue weighted by Gasteiger charge is -2.26. The summed E-state index contributed by atoms with van der Waals surface area (Å²) in [6.07, 6.45) is 4.74. The fourth-order valence-electron chi connectivity index (χ4n) is 2.56. The van der Waals surface area contributed by atoms with Gasteiger partial charge in [-0.15, -0.1) is 0 Å². The predicted octanol–water partition coefficient (Wildman–Crippen LogP) is 0.0150. The summed E-state index contributed by atoms with van der Waals surface area (Å²) < 4.78 is 5.13. The Morgan fingerprint density at radius 2 is 2.32 bits per heavy atom. The topological polar surface area (TPSA) is 105 Å². The highest BCUT2D eigenvalue weighted by atomic mass is 16.5. The standard InChI is InChI=1S/C12H20N4O3/c13-14-12(18)11-7-10(19-15-11)8-16(5-6-17)9-3-1-2-4-9/h7,9,17H,1-6,8,13H2,(H,14,18). The molecule has 1 aliphatic rings. The molecule has 1 saturated carbocycles. The van der Waals surface area contributed by atoms with Crippen LogP contribution in [0.4, 0.5) is 0 Å². The molecule has 0 unspecified atom stereocenters. The summed E-state index contributed by atoms with van der Waals surface area (Å²) >= 11 is 0. The van der Waals surface area contributed by atoms with E-state index in [-0.39, 0.29) is 12.3 Å². The van der Waals surface area contributed by atoms with E-state index < -0.39 is 5.91 Å². The van der Waals surface area contributed by atoms with Gasteiger partial charge in [0.2, 0.25) is 0 Å². The van der Waals surface area contributed by atoms with Crippen LogP contribution in [0.5, 0.6) is 0 Å². The van der Waals surface area contributed by atoms with Crippen LogP contribution in [0.3, 0.4) is 0 Å². The van der Waals surface area contributed by atoms with Gasteiger partial charge in [0.25, 0.3) is 5.91 Å². The number of nitrogens with one attached hydrogen (secondary N) is 1. The molecule has 1 aromatic rings. The van der Waals surface area contributed by atoms with E-state index in [2.05, 4.69) is 10.1 Å². The molecule has 19 heavy (non-hydrogen) atoms. The van der Waals surface area contributed by atoms with E-state index in [1.165, 1.54) is 12.8 Å². The number of nitrogens with two attached hydrogens (primary N) is 1. The van der Waals surface area contributed by atoms with Crippen LogP contribution in [0.25, 0.3) is 0 Å². The zero-order valence-corrected chi connectivity index (χ0v) is 10.8. The Labute approximate surface area is 111 Å². The molecule has 7 heteroatoms. The minimum absolute atomic E-state index is 0.112. The van der Waals surface area contributed by atoms with Crippen LogP contribution in [-0.4, -0.2) is 40.3 Å². The molecule has 0 aromatic carbocycles. The minimum Gasteiger partial charge on any atom is -0.395 e. The van der Waals surface area contributed by atoms with Gasteiger partial charge in [0.15, 0.2) is 11.5 Å². The number of carbonyl (C=O) groups is 1. The van der Waals surface area contributed by atoms with Crippen molar-refractivity contribution in [1.29, 1.82) is 0 Å². The Morgan fingerprint density at radius 3 is 2.95 bits per heavy atom. The molecular weight excluding hydrogens is 248 g/mol. The van der Waals surface area contributed by atoms with E-state index in [0.29, 0.717) is 24.9 Å². The Balaban J connectivity index is 1.99. The van der Waals surface area contributed by atoms with Gasteiger partial charge in [-0.05, 0) is 12.8 Å². The molecule has 1 aliphatic carbocycles. The number of aromatic nitrogens is 1. The quantitative estimate of drug-likeness (QED) is 0.381. The number of hydrazine groups is 1. The van der Waals surface area contributed by atoms with Crippen molar-refractivity contribution in [3.8, 4) is 0 Å². The molecule has 106 valence electrons. The molecule has 1 heterocycles. The van der Waals surface area contributed by atoms with Crippen molar-refractivity contribution in [1.82, 2.24) is 15.5 Å². The molecule has 2 rings (SSSR count). The highest BCUT2D eigenvalue weighted by Crippen LogP contribution is 2.24. The van der Waals surface area contributed by atoms with Gasteiger partial charge < -0.3 is 9.63 Å². The van der Waals surface area contributed by atoms with Gasteiger partial charge in [-0.25, -0.2) is 5.84 Å². The third-order valence-corrected chi connectivity index (χ3v) is 3.51. The van der Waals surface area contributed by atoms with Crippen LogP contribution in [-0.2, 0) is 6.54 Å². The lowest BCUT2D eigenvalue weighted by atomic mass is 10.2. The van der Waals surface area contributed by atoms with Crippen LogP contribution >= 0.6 is 0 Å². The van der Waals surface area contributed by atoms with Crippen molar-refractivity contribution in [2.24, 2.45) is 5.84 Å². The van der Waals surface area contributed by atoms with Gasteiger partial charge in [-0.2, -0.15) is 0 Å². The smallest absolute Gasteiger partial charge is 0.287 e. The van der Waals surface area contributed by atoms with Gasteiger partial charge in [0, 0.05) is 18.7 Å². The molecule has 1 aromatic heterocycles. The minimum atomic E-state index is -0.468. The lowest BCUT2D eigenvalue weighted by molar-refractivity contribution is 0.0944. The Morgan fingerprint density at radius 1 is 1.58 bits per heavy atom. The Hall–Kier alpha value is -1.44. The van der Waals surface area contributed by atoms with Crippen LogP contribution < -0.4 is 11.3 Å². The second-order valence-corrected chi connectivity index (χ2v) is 4.78. The summed E-state index contributed by atoms with van der Waals surface area (Å²) in [4.78, 5) is 13.5. The maximum absolute atomic E-state index is 11.3. The molecule has 7 nitrogen and oxygen atoms in total. The summed E-state index contributed by atoms with van der Waals surface area (Å²) in [7, 11) is 0. The van der Waals surface area contributed by atoms with Crippen LogP contribution in [0.1, 0.15) is 41.9 Å². The van der Waals surface area contributed by atoms with Crippen molar-refractivity contribution in [2.45, 2.75) is 38.3 Å². The molecule has 0 atom stereocenters. The van der Waals surface area contributed by atoms with E-state index in [1.54, 1.807) is 6.07 Å². The van der Waals surface area contributed by atoms with E-state index in [9.17, 15) is 4.79 Å². The fourth-order valence-corrected chi connectivity index (χ4v) is 2.56. The second-order valence-electron chi connectivity index (χ2n) is 4.78. The van der Waals surface area contributed by atoms with Gasteiger partial charge in [0.05, 0.1) is 13.2 Å². The van der Waals surface area contributed by atoms with Crippen molar-refractivity contribution >= 4 is 5.91 Å². The third kappa shape index (κ3) is 3.52. The van der Waals surface area contributed by atoms with E-state index in [4.69, 9.17) is 15.5 Å². The predicted molar refractivity (Wildman–Crippen MR) is 67.9 cm³/mol. The summed E-state index contributed by atoms with van der Waals surface area (Å²) in [5.74, 6) is 5.18. The van der Waals surface area contributed by atoms with E-state index in [1.807, 2.05) is 5.43 Å². The van der Waals surface area contributed by atoms with Crippen molar-refractivity contribution in [2.75, 3.05) is 13.2 Å². The molecule has 1 amide bonds. The number of hydrogen-bond acceptors (Lipinski definition) is 6. The average Bonchev–Trinajstić information content (AvgIpc) is 3.08. The summed E-state index contributed by atoms with van der Waals surface area (Å²) in [5, 5.41) is 12.8. The molecular formula is C12H20N4O3. The average molecular weight is 268 g/mol. The number of nitrogens with zero attached hydrogens (tertiary/aromatic N) is 2. The number of aliphatic hydroxyl groups is 1. The summed E-state index contributed by atoms with van der Waals surface area (Å²) in [6, 6.07) is 2.06. The monoisotopic (exact) mass is 268 g/mol. The van der Waals surface area contributed by atoms with Crippen LogP contribution in [0.2, 0.25) is 0 Å². The SMILES string of the molecule is NNC(=O)c1cc(CN(CCO)C2CCCC2)on1. The van der Waals surface area contributed by atoms with Crippen LogP contribution in [0, 0.1) is 0 Å². The summed E-state index contributed by atoms with van der Waals surface area (Å²) in [5.41, 5.74) is 2.19. The number of rotatable bonds is 6. The number of carbonyl (C=O) groups excluding carboxylic acids is 1. The number of amides is 1. The fraction of sp³-hybridized carbons (Fsp3) is 0.667. The number of aliphatic hydroxyl groups excluding tert-OH is 1. The largest absolute Gasteiger partial charge is 0.395 e. The van der Waals surface area contributed by atoms with Crippen molar-refractivity contribution < 1.29 is 14.4 Å². The molecule has 0 saturated heterocycles. The number of nitrogen functional groups attached to an aromatic ring is 1. The molecule has 0 spiro atoms. The first-order valence-corrected chi connectivity index (χ1v) is 6.56. The van der Waals surface area contributed by atoms with E-state index >= 15 is 0 Å². The zero-order valence-electron chi connectivity index (χ0n) is 10.8. The van der Waals surface area contributed by atoms with E-state index in [0.717, 1.165) is 12.8 Å². The van der Waals surface area contributed by atoms with Gasteiger partial charge >= 0.3 is 0 Å². The normalized spacial score (nSPS) is 16.2. The second kappa shape index (κ2) is 6.65. The molecule has 0 aliphatic heterocycles. The highest BCUT2D eigenvalue weighted by molar-refractivity contribution is 5.91. The Bertz CT molecular complexity index is 415. The maximum atomic E-state index is 11.3. The Kier molecular flexibility index (Phi) is 4.89. The molecule has 0 bridgehead atoms. The number of hydrogen-bond donors (Lipinski definition) is 3. The van der Waals surface area contributed by atoms with Crippen molar-refractivity contribution in [3.05, 3.63) is 17.5 Å². The zero-order chi connectivity index (χ0) is 13.7. The van der Waals surface area contributed by atoms with Gasteiger partial charge in [-0.1, -0.05) is 18.0 Å². The lowest BCUT2D eigenvalue weighted by Crippen LogP contribution is -2.35.